The molecule has 1 aliphatic rings. The van der Waals surface area contributed by atoms with Gasteiger partial charge >= 0.3 is 6.09 Å². The number of halogens is 1. The number of rotatable bonds is 2. The number of piperidine rings is 1. The Morgan fingerprint density at radius 2 is 2.13 bits per heavy atom. The molecule has 0 aliphatic carbocycles. The zero-order valence-corrected chi connectivity index (χ0v) is 12.6. The van der Waals surface area contributed by atoms with E-state index in [2.05, 4.69) is 5.16 Å². The molecule has 0 spiro atoms. The minimum absolute atomic E-state index is 0.00455. The van der Waals surface area contributed by atoms with Gasteiger partial charge in [0.15, 0.2) is 0 Å². The van der Waals surface area contributed by atoms with Gasteiger partial charge in [-0.15, -0.1) is 0 Å². The van der Waals surface area contributed by atoms with Crippen LogP contribution < -0.4 is 5.56 Å². The van der Waals surface area contributed by atoms with Gasteiger partial charge in [0.2, 0.25) is 0 Å². The maximum atomic E-state index is 13.2. The fourth-order valence-corrected chi connectivity index (χ4v) is 3.06. The van der Waals surface area contributed by atoms with Crippen LogP contribution in [-0.2, 0) is 4.74 Å². The molecule has 2 heterocycles. The molecule has 1 fully saturated rings. The molecule has 1 saturated heterocycles. The monoisotopic (exact) mass is 320 g/mol. The Balaban J connectivity index is 1.89. The predicted molar refractivity (Wildman–Crippen MR) is 79.6 cm³/mol. The van der Waals surface area contributed by atoms with Crippen LogP contribution in [0.15, 0.2) is 39.6 Å². The van der Waals surface area contributed by atoms with Gasteiger partial charge < -0.3 is 14.2 Å². The zero-order valence-electron chi connectivity index (χ0n) is 12.6. The fraction of sp³-hybridized carbons (Fsp3) is 0.375. The number of methoxy groups -OCH3 is 1. The highest BCUT2D eigenvalue weighted by atomic mass is 19.1. The third kappa shape index (κ3) is 3.13. The van der Waals surface area contributed by atoms with Crippen LogP contribution in [0.2, 0.25) is 0 Å². The summed E-state index contributed by atoms with van der Waals surface area (Å²) in [5.41, 5.74) is 0.535. The number of amides is 1. The minimum Gasteiger partial charge on any atom is -0.453 e. The summed E-state index contributed by atoms with van der Waals surface area (Å²) in [7, 11) is 1.33. The van der Waals surface area contributed by atoms with E-state index in [1.165, 1.54) is 25.3 Å². The van der Waals surface area contributed by atoms with Crippen molar-refractivity contribution in [3.8, 4) is 0 Å². The lowest BCUT2D eigenvalue weighted by Crippen LogP contribution is -2.40. The van der Waals surface area contributed by atoms with Crippen LogP contribution in [0.4, 0.5) is 9.18 Å². The molecule has 7 heteroatoms. The number of carbonyl (C=O) groups is 1. The van der Waals surface area contributed by atoms with E-state index in [-0.39, 0.29) is 23.3 Å². The Kier molecular flexibility index (Phi) is 4.18. The van der Waals surface area contributed by atoms with Gasteiger partial charge in [-0.2, -0.15) is 5.16 Å². The summed E-state index contributed by atoms with van der Waals surface area (Å²) in [6.45, 7) is 0.467. The van der Waals surface area contributed by atoms with E-state index < -0.39 is 6.09 Å². The third-order valence-electron chi connectivity index (χ3n) is 4.21. The molecule has 0 radical (unpaired) electrons. The van der Waals surface area contributed by atoms with Crippen LogP contribution in [0.3, 0.4) is 0 Å². The van der Waals surface area contributed by atoms with E-state index >= 15 is 0 Å². The number of hydrogen-bond donors (Lipinski definition) is 1. The number of aromatic amines is 1. The van der Waals surface area contributed by atoms with E-state index in [9.17, 15) is 14.0 Å². The van der Waals surface area contributed by atoms with Crippen molar-refractivity contribution in [1.82, 2.24) is 10.1 Å². The topological polar surface area (TPSA) is 75.5 Å². The molecule has 1 amide bonds. The van der Waals surface area contributed by atoms with Gasteiger partial charge in [0, 0.05) is 18.5 Å². The molecule has 1 aromatic heterocycles. The van der Waals surface area contributed by atoms with Crippen molar-refractivity contribution in [1.29, 1.82) is 0 Å². The lowest BCUT2D eigenvalue weighted by atomic mass is 9.86. The molecule has 2 aromatic rings. The zero-order chi connectivity index (χ0) is 16.4. The largest absolute Gasteiger partial charge is 0.453 e. The number of hydrogen-bond acceptors (Lipinski definition) is 4. The first-order chi connectivity index (χ1) is 11.1. The van der Waals surface area contributed by atoms with E-state index in [1.54, 1.807) is 17.0 Å². The molecule has 1 N–H and O–H groups in total. The first-order valence-electron chi connectivity index (χ1n) is 7.37. The number of benzene rings is 1. The number of nitrogens with one attached hydrogen (secondary N) is 1. The van der Waals surface area contributed by atoms with Crippen molar-refractivity contribution in [3.63, 3.8) is 0 Å². The molecule has 0 bridgehead atoms. The Morgan fingerprint density at radius 1 is 1.39 bits per heavy atom. The SMILES string of the molecule is COC(=O)N1CC[C@H](c2cc(=O)[nH]o2)C[C@@H]1c1ccc(F)cc1. The van der Waals surface area contributed by atoms with Crippen LogP contribution in [0.25, 0.3) is 0 Å². The normalized spacial score (nSPS) is 21.2. The number of carbonyl (C=O) groups excluding carboxylic acids is 1. The number of likely N-dealkylation sites (tertiary alicyclic amines) is 1. The van der Waals surface area contributed by atoms with Crippen LogP contribution >= 0.6 is 0 Å². The molecular formula is C16H17FN2O4. The summed E-state index contributed by atoms with van der Waals surface area (Å²) < 4.78 is 23.2. The maximum absolute atomic E-state index is 13.2. The summed E-state index contributed by atoms with van der Waals surface area (Å²) in [4.78, 5) is 24.9. The molecule has 6 nitrogen and oxygen atoms in total. The van der Waals surface area contributed by atoms with Crippen molar-refractivity contribution in [2.75, 3.05) is 13.7 Å². The van der Waals surface area contributed by atoms with Gasteiger partial charge in [-0.05, 0) is 30.5 Å². The van der Waals surface area contributed by atoms with Crippen LogP contribution in [0.5, 0.6) is 0 Å². The van der Waals surface area contributed by atoms with Gasteiger partial charge in [-0.1, -0.05) is 12.1 Å². The average molecular weight is 320 g/mol. The number of nitrogens with zero attached hydrogens (tertiary/aromatic N) is 1. The minimum atomic E-state index is -0.423. The summed E-state index contributed by atoms with van der Waals surface area (Å²) in [5.74, 6) is 0.249. The number of H-pyrrole nitrogens is 1. The standard InChI is InChI=1S/C16H17FN2O4/c1-22-16(21)19-7-6-11(14-9-15(20)18-23-14)8-13(19)10-2-4-12(17)5-3-10/h2-5,9,11,13H,6-8H2,1H3,(H,18,20)/t11-,13+/m0/s1. The highest BCUT2D eigenvalue weighted by Crippen LogP contribution is 2.39. The van der Waals surface area contributed by atoms with E-state index in [0.29, 0.717) is 25.1 Å². The molecule has 0 saturated carbocycles. The van der Waals surface area contributed by atoms with Crippen LogP contribution in [0, 0.1) is 5.82 Å². The maximum Gasteiger partial charge on any atom is 0.409 e. The van der Waals surface area contributed by atoms with Gasteiger partial charge in [0.05, 0.1) is 13.2 Å². The highest BCUT2D eigenvalue weighted by Gasteiger charge is 2.35. The smallest absolute Gasteiger partial charge is 0.409 e. The molecule has 1 aliphatic heterocycles. The second kappa shape index (κ2) is 6.28. The average Bonchev–Trinajstić information content (AvgIpc) is 3.01. The lowest BCUT2D eigenvalue weighted by molar-refractivity contribution is 0.0815. The Labute approximate surface area is 131 Å². The molecule has 0 unspecified atom stereocenters. The first kappa shape index (κ1) is 15.3. The molecule has 3 rings (SSSR count). The lowest BCUT2D eigenvalue weighted by Gasteiger charge is -2.38. The second-order valence-corrected chi connectivity index (χ2v) is 5.57. The van der Waals surface area contributed by atoms with Gasteiger partial charge in [-0.3, -0.25) is 4.79 Å². The Morgan fingerprint density at radius 3 is 2.74 bits per heavy atom. The summed E-state index contributed by atoms with van der Waals surface area (Å²) in [5, 5.41) is 2.29. The highest BCUT2D eigenvalue weighted by molar-refractivity contribution is 5.68. The number of ether oxygens (including phenoxy) is 1. The van der Waals surface area contributed by atoms with Crippen LogP contribution in [0.1, 0.15) is 36.1 Å². The Hall–Kier alpha value is -2.57. The van der Waals surface area contributed by atoms with Gasteiger partial charge in [0.1, 0.15) is 11.6 Å². The molecule has 2 atom stereocenters. The summed E-state index contributed by atoms with van der Waals surface area (Å²) in [6.07, 6.45) is 0.808. The molecule has 23 heavy (non-hydrogen) atoms. The van der Waals surface area contributed by atoms with E-state index in [4.69, 9.17) is 9.26 Å². The molecular weight excluding hydrogens is 303 g/mol. The van der Waals surface area contributed by atoms with Crippen molar-refractivity contribution >= 4 is 6.09 Å². The molecule has 122 valence electrons. The predicted octanol–water partition coefficient (Wildman–Crippen LogP) is 2.79. The van der Waals surface area contributed by atoms with Crippen molar-refractivity contribution in [2.45, 2.75) is 24.8 Å². The van der Waals surface area contributed by atoms with Crippen molar-refractivity contribution in [2.24, 2.45) is 0 Å². The first-order valence-corrected chi connectivity index (χ1v) is 7.37. The third-order valence-corrected chi connectivity index (χ3v) is 4.21. The fourth-order valence-electron chi connectivity index (χ4n) is 3.06. The molecule has 1 aromatic carbocycles. The Bertz CT molecular complexity index is 737. The summed E-state index contributed by atoms with van der Waals surface area (Å²) in [6, 6.07) is 7.22. The second-order valence-electron chi connectivity index (χ2n) is 5.57. The van der Waals surface area contributed by atoms with E-state index in [0.717, 1.165) is 5.56 Å². The van der Waals surface area contributed by atoms with Gasteiger partial charge in [-0.25, -0.2) is 9.18 Å². The number of aromatic nitrogens is 1. The van der Waals surface area contributed by atoms with Crippen molar-refractivity contribution < 1.29 is 18.4 Å². The van der Waals surface area contributed by atoms with Crippen molar-refractivity contribution in [3.05, 3.63) is 57.8 Å². The van der Waals surface area contributed by atoms with Crippen LogP contribution in [-0.4, -0.2) is 29.8 Å². The van der Waals surface area contributed by atoms with E-state index in [1.807, 2.05) is 0 Å². The van der Waals surface area contributed by atoms with Gasteiger partial charge in [0.25, 0.3) is 5.56 Å². The summed E-state index contributed by atoms with van der Waals surface area (Å²) >= 11 is 0. The quantitative estimate of drug-likeness (QED) is 0.923.